The molecule has 1 aromatic heterocycles. The van der Waals surface area contributed by atoms with E-state index in [-0.39, 0.29) is 16.6 Å². The van der Waals surface area contributed by atoms with Crippen LogP contribution >= 0.6 is 0 Å². The zero-order valence-electron chi connectivity index (χ0n) is 17.1. The highest BCUT2D eigenvalue weighted by atomic mass is 32.2. The molecule has 1 aliphatic heterocycles. The van der Waals surface area contributed by atoms with Crippen molar-refractivity contribution in [2.24, 2.45) is 0 Å². The second-order valence-corrected chi connectivity index (χ2v) is 9.40. The number of aromatic nitrogens is 2. The van der Waals surface area contributed by atoms with Crippen molar-refractivity contribution in [3.63, 3.8) is 0 Å². The number of hydrogen-bond acceptors (Lipinski definition) is 7. The average Bonchev–Trinajstić information content (AvgIpc) is 3.22. The fourth-order valence-corrected chi connectivity index (χ4v) is 3.76. The zero-order valence-corrected chi connectivity index (χ0v) is 17.9. The van der Waals surface area contributed by atoms with Crippen molar-refractivity contribution in [3.05, 3.63) is 64.6 Å². The van der Waals surface area contributed by atoms with Gasteiger partial charge in [0.2, 0.25) is 0 Å². The molecular formula is C22H22N2O6S. The molecule has 1 fully saturated rings. The summed E-state index contributed by atoms with van der Waals surface area (Å²) in [5, 5.41) is 0. The van der Waals surface area contributed by atoms with Gasteiger partial charge in [0.15, 0.2) is 9.84 Å². The van der Waals surface area contributed by atoms with Crippen molar-refractivity contribution in [2.45, 2.75) is 24.3 Å². The van der Waals surface area contributed by atoms with Gasteiger partial charge in [0.1, 0.15) is 29.2 Å². The first kappa shape index (κ1) is 21.1. The molecule has 2 heterocycles. The quantitative estimate of drug-likeness (QED) is 0.625. The van der Waals surface area contributed by atoms with Gasteiger partial charge in [-0.2, -0.15) is 0 Å². The van der Waals surface area contributed by atoms with Crippen LogP contribution in [-0.2, 0) is 14.6 Å². The molecule has 162 valence electrons. The van der Waals surface area contributed by atoms with Gasteiger partial charge in [-0.3, -0.25) is 4.79 Å². The Hall–Kier alpha value is -3.17. The lowest BCUT2D eigenvalue weighted by Crippen LogP contribution is -2.16. The maximum Gasteiger partial charge on any atom is 0.254 e. The van der Waals surface area contributed by atoms with Gasteiger partial charge in [0, 0.05) is 36.1 Å². The Bertz CT molecular complexity index is 1250. The third-order valence-corrected chi connectivity index (χ3v) is 5.94. The molecule has 0 radical (unpaired) electrons. The molecule has 0 amide bonds. The predicted octanol–water partition coefficient (Wildman–Crippen LogP) is 3.11. The Kier molecular flexibility index (Phi) is 5.79. The summed E-state index contributed by atoms with van der Waals surface area (Å²) in [6.07, 6.45) is 3.38. The first-order chi connectivity index (χ1) is 14.8. The van der Waals surface area contributed by atoms with Gasteiger partial charge < -0.3 is 19.2 Å². The Morgan fingerprint density at radius 1 is 1.10 bits per heavy atom. The number of H-pyrrole nitrogens is 1. The topological polar surface area (TPSA) is 108 Å². The molecular weight excluding hydrogens is 420 g/mol. The van der Waals surface area contributed by atoms with Crippen molar-refractivity contribution in [3.8, 4) is 28.6 Å². The van der Waals surface area contributed by atoms with Crippen LogP contribution in [0, 0.1) is 6.92 Å². The van der Waals surface area contributed by atoms with Crippen LogP contribution in [0.2, 0.25) is 0 Å². The Balaban J connectivity index is 1.68. The molecule has 0 spiro atoms. The van der Waals surface area contributed by atoms with E-state index in [0.717, 1.165) is 12.7 Å². The van der Waals surface area contributed by atoms with Crippen LogP contribution in [-0.4, -0.2) is 44.0 Å². The van der Waals surface area contributed by atoms with E-state index in [0.29, 0.717) is 47.4 Å². The molecule has 2 aromatic carbocycles. The zero-order chi connectivity index (χ0) is 22.0. The van der Waals surface area contributed by atoms with Gasteiger partial charge in [-0.1, -0.05) is 0 Å². The van der Waals surface area contributed by atoms with Crippen LogP contribution in [0.1, 0.15) is 12.0 Å². The fourth-order valence-electron chi connectivity index (χ4n) is 3.13. The Morgan fingerprint density at radius 2 is 1.84 bits per heavy atom. The number of aromatic amines is 1. The van der Waals surface area contributed by atoms with E-state index in [1.807, 2.05) is 0 Å². The maximum absolute atomic E-state index is 12.0. The number of nitrogens with zero attached hydrogens (tertiary/aromatic N) is 1. The lowest BCUT2D eigenvalue weighted by atomic mass is 10.1. The number of benzene rings is 2. The first-order valence-electron chi connectivity index (χ1n) is 9.72. The third-order valence-electron chi connectivity index (χ3n) is 4.81. The number of rotatable bonds is 6. The molecule has 3 aromatic rings. The average molecular weight is 442 g/mol. The lowest BCUT2D eigenvalue weighted by Gasteiger charge is -2.15. The van der Waals surface area contributed by atoms with Crippen LogP contribution in [0.3, 0.4) is 0 Å². The van der Waals surface area contributed by atoms with Gasteiger partial charge in [-0.15, -0.1) is 0 Å². The summed E-state index contributed by atoms with van der Waals surface area (Å²) in [7, 11) is -3.29. The summed E-state index contributed by atoms with van der Waals surface area (Å²) in [5.41, 5.74) is 0.914. The minimum atomic E-state index is -3.29. The smallest absolute Gasteiger partial charge is 0.254 e. The van der Waals surface area contributed by atoms with Crippen LogP contribution in [0.5, 0.6) is 17.2 Å². The second-order valence-electron chi connectivity index (χ2n) is 7.39. The van der Waals surface area contributed by atoms with Crippen LogP contribution in [0.15, 0.2) is 58.4 Å². The van der Waals surface area contributed by atoms with E-state index in [9.17, 15) is 13.2 Å². The minimum absolute atomic E-state index is 0.0674. The molecule has 1 N–H and O–H groups in total. The summed E-state index contributed by atoms with van der Waals surface area (Å²) in [5.74, 6) is 1.87. The van der Waals surface area contributed by atoms with Crippen molar-refractivity contribution >= 4 is 9.84 Å². The molecule has 0 saturated carbocycles. The van der Waals surface area contributed by atoms with Gasteiger partial charge in [0.05, 0.1) is 18.1 Å². The summed E-state index contributed by atoms with van der Waals surface area (Å²) < 4.78 is 40.7. The molecule has 0 bridgehead atoms. The molecule has 1 aliphatic rings. The summed E-state index contributed by atoms with van der Waals surface area (Å²) in [4.78, 5) is 19.3. The monoisotopic (exact) mass is 442 g/mol. The maximum atomic E-state index is 12.0. The third kappa shape index (κ3) is 5.12. The van der Waals surface area contributed by atoms with E-state index in [1.165, 1.54) is 18.3 Å². The molecule has 4 rings (SSSR count). The molecule has 0 aliphatic carbocycles. The van der Waals surface area contributed by atoms with Gasteiger partial charge >= 0.3 is 0 Å². The van der Waals surface area contributed by atoms with E-state index in [4.69, 9.17) is 14.2 Å². The predicted molar refractivity (Wildman–Crippen MR) is 115 cm³/mol. The summed E-state index contributed by atoms with van der Waals surface area (Å²) in [6.45, 7) is 2.84. The van der Waals surface area contributed by atoms with Crippen molar-refractivity contribution in [1.82, 2.24) is 9.97 Å². The van der Waals surface area contributed by atoms with Crippen LogP contribution < -0.4 is 15.0 Å². The number of sulfone groups is 1. The minimum Gasteiger partial charge on any atom is -0.488 e. The lowest BCUT2D eigenvalue weighted by molar-refractivity contribution is 0.141. The van der Waals surface area contributed by atoms with Crippen molar-refractivity contribution in [1.29, 1.82) is 0 Å². The number of nitrogens with one attached hydrogen (secondary N) is 1. The Morgan fingerprint density at radius 3 is 2.48 bits per heavy atom. The van der Waals surface area contributed by atoms with Gasteiger partial charge in [-0.25, -0.2) is 13.4 Å². The van der Waals surface area contributed by atoms with Gasteiger partial charge in [-0.05, 0) is 43.3 Å². The van der Waals surface area contributed by atoms with Gasteiger partial charge in [0.25, 0.3) is 5.56 Å². The van der Waals surface area contributed by atoms with E-state index in [1.54, 1.807) is 37.3 Å². The highest BCUT2D eigenvalue weighted by Gasteiger charge is 2.18. The molecule has 31 heavy (non-hydrogen) atoms. The highest BCUT2D eigenvalue weighted by Crippen LogP contribution is 2.32. The number of aryl methyl sites for hydroxylation is 1. The highest BCUT2D eigenvalue weighted by molar-refractivity contribution is 7.90. The van der Waals surface area contributed by atoms with Crippen molar-refractivity contribution < 1.29 is 22.6 Å². The normalized spacial score (nSPS) is 16.3. The van der Waals surface area contributed by atoms with E-state index in [2.05, 4.69) is 9.97 Å². The molecule has 8 nitrogen and oxygen atoms in total. The largest absolute Gasteiger partial charge is 0.488 e. The SMILES string of the molecule is Cc1cnc(-c2cc(Oc3ccc(S(C)(=O)=O)cc3)cc(OC3CCOC3)c2)[nH]c1=O. The summed E-state index contributed by atoms with van der Waals surface area (Å²) in [6, 6.07) is 11.4. The van der Waals surface area contributed by atoms with E-state index >= 15 is 0 Å². The molecule has 1 unspecified atom stereocenters. The van der Waals surface area contributed by atoms with E-state index < -0.39 is 9.84 Å². The van der Waals surface area contributed by atoms with Crippen LogP contribution in [0.25, 0.3) is 11.4 Å². The summed E-state index contributed by atoms with van der Waals surface area (Å²) >= 11 is 0. The Labute approximate surface area is 179 Å². The molecule has 9 heteroatoms. The standard InChI is InChI=1S/C22H22N2O6S/c1-14-12-23-21(24-22(14)25)15-9-18(11-19(10-15)30-17-7-8-28-13-17)29-16-3-5-20(6-4-16)31(2,26)27/h3-6,9-12,17H,7-8,13H2,1-2H3,(H,23,24,25). The second kappa shape index (κ2) is 8.52. The number of ether oxygens (including phenoxy) is 3. The van der Waals surface area contributed by atoms with Crippen molar-refractivity contribution in [2.75, 3.05) is 19.5 Å². The first-order valence-corrected chi connectivity index (χ1v) is 11.6. The fraction of sp³-hybridized carbons (Fsp3) is 0.273. The molecule has 1 atom stereocenters. The number of hydrogen-bond donors (Lipinski definition) is 1. The molecule has 1 saturated heterocycles. The van der Waals surface area contributed by atoms with Crippen LogP contribution in [0.4, 0.5) is 0 Å².